The van der Waals surface area contributed by atoms with Gasteiger partial charge in [-0.25, -0.2) is 14.8 Å². The number of hydrogen-bond acceptors (Lipinski definition) is 6. The zero-order valence-electron chi connectivity index (χ0n) is 16.2. The molecule has 1 rings (SSSR count). The van der Waals surface area contributed by atoms with Crippen LogP contribution in [0.5, 0.6) is 5.88 Å². The van der Waals surface area contributed by atoms with Gasteiger partial charge < -0.3 is 13.8 Å². The number of carbonyl (C=O) groups is 1. The fourth-order valence-corrected chi connectivity index (χ4v) is 3.95. The summed E-state index contributed by atoms with van der Waals surface area (Å²) >= 11 is 0. The predicted molar refractivity (Wildman–Crippen MR) is 106 cm³/mol. The van der Waals surface area contributed by atoms with Crippen LogP contribution < -0.4 is 14.7 Å². The molecule has 0 aliphatic heterocycles. The number of carbonyl (C=O) groups excluding carboxylic acids is 1. The number of anilines is 2. The monoisotopic (exact) mass is 386 g/mol. The van der Waals surface area contributed by atoms with E-state index in [1.165, 1.54) is 6.33 Å². The van der Waals surface area contributed by atoms with Crippen LogP contribution in [0.15, 0.2) is 6.33 Å². The summed E-state index contributed by atoms with van der Waals surface area (Å²) in [6, 6.07) is 0. The summed E-state index contributed by atoms with van der Waals surface area (Å²) in [5.41, 5.74) is 0.450. The Balaban J connectivity index is 3.21. The number of rotatable bonds is 6. The van der Waals surface area contributed by atoms with E-state index in [4.69, 9.17) is 8.85 Å². The van der Waals surface area contributed by atoms with Crippen molar-refractivity contribution in [3.05, 3.63) is 6.33 Å². The first-order valence-electron chi connectivity index (χ1n) is 7.98. The highest BCUT2D eigenvalue weighted by molar-refractivity contribution is 6.79. The van der Waals surface area contributed by atoms with Crippen molar-refractivity contribution >= 4 is 42.5 Å². The minimum atomic E-state index is -2.00. The van der Waals surface area contributed by atoms with Gasteiger partial charge in [-0.1, -0.05) is 19.6 Å². The normalized spacial score (nSPS) is 12.5. The molecule has 136 valence electrons. The molecule has 2 N–H and O–H groups in total. The Bertz CT molecular complexity index is 558. The highest BCUT2D eigenvalue weighted by Crippen LogP contribution is 2.31. The standard InChI is InChI=1S/C14H30N4O3Si3/c1-22(2,3)18-12-11(17-14(19)21-24(7,8)9)13(16-10-15-12)20-23(4,5)6/h10H,1-9H3,(H,17,19)(H,15,16,18). The van der Waals surface area contributed by atoms with Crippen molar-refractivity contribution in [1.29, 1.82) is 0 Å². The smallest absolute Gasteiger partial charge is 0.398 e. The lowest BCUT2D eigenvalue weighted by atomic mass is 10.4. The third-order valence-corrected chi connectivity index (χ3v) is 4.92. The van der Waals surface area contributed by atoms with E-state index in [2.05, 4.69) is 59.5 Å². The van der Waals surface area contributed by atoms with E-state index in [-0.39, 0.29) is 0 Å². The number of nitrogens with one attached hydrogen (secondary N) is 2. The fraction of sp³-hybridized carbons (Fsp3) is 0.643. The van der Waals surface area contributed by atoms with E-state index in [1.54, 1.807) is 0 Å². The highest BCUT2D eigenvalue weighted by atomic mass is 28.4. The maximum Gasteiger partial charge on any atom is 0.398 e. The van der Waals surface area contributed by atoms with Crippen molar-refractivity contribution in [3.8, 4) is 5.88 Å². The van der Waals surface area contributed by atoms with E-state index in [0.717, 1.165) is 0 Å². The third kappa shape index (κ3) is 7.93. The van der Waals surface area contributed by atoms with Gasteiger partial charge in [0.2, 0.25) is 22.5 Å². The summed E-state index contributed by atoms with van der Waals surface area (Å²) in [6.45, 7) is 18.5. The molecule has 0 saturated carbocycles. The lowest BCUT2D eigenvalue weighted by Crippen LogP contribution is -2.36. The third-order valence-electron chi connectivity index (χ3n) is 2.33. The summed E-state index contributed by atoms with van der Waals surface area (Å²) in [4.78, 5) is 24.2. The first-order chi connectivity index (χ1) is 10.7. The molecule has 0 bridgehead atoms. The molecule has 0 unspecified atom stereocenters. The number of amides is 1. The topological polar surface area (TPSA) is 85.4 Å². The lowest BCUT2D eigenvalue weighted by Gasteiger charge is -2.25. The molecule has 0 aromatic carbocycles. The van der Waals surface area contributed by atoms with E-state index in [9.17, 15) is 4.79 Å². The van der Waals surface area contributed by atoms with Gasteiger partial charge in [-0.2, -0.15) is 0 Å². The quantitative estimate of drug-likeness (QED) is 0.708. The van der Waals surface area contributed by atoms with E-state index < -0.39 is 31.0 Å². The Morgan fingerprint density at radius 3 is 2.00 bits per heavy atom. The fourth-order valence-electron chi connectivity index (χ4n) is 1.71. The second-order valence-corrected chi connectivity index (χ2v) is 22.2. The van der Waals surface area contributed by atoms with Gasteiger partial charge in [-0.15, -0.1) is 0 Å². The molecule has 1 heterocycles. The minimum Gasteiger partial charge on any atom is -0.530 e. The van der Waals surface area contributed by atoms with Crippen LogP contribution in [0, 0.1) is 0 Å². The zero-order valence-corrected chi connectivity index (χ0v) is 19.2. The van der Waals surface area contributed by atoms with Gasteiger partial charge >= 0.3 is 6.09 Å². The van der Waals surface area contributed by atoms with Crippen molar-refractivity contribution in [3.63, 3.8) is 0 Å². The van der Waals surface area contributed by atoms with Crippen LogP contribution in [0.1, 0.15) is 0 Å². The Kier molecular flexibility index (Phi) is 6.22. The first kappa shape index (κ1) is 20.6. The van der Waals surface area contributed by atoms with Crippen molar-refractivity contribution < 1.29 is 13.6 Å². The molecule has 1 aromatic heterocycles. The van der Waals surface area contributed by atoms with Gasteiger partial charge in [0.15, 0.2) is 0 Å². The second-order valence-electron chi connectivity index (χ2n) is 8.62. The summed E-state index contributed by atoms with van der Waals surface area (Å²) in [5.74, 6) is 0.961. The van der Waals surface area contributed by atoms with Gasteiger partial charge in [0.05, 0.1) is 0 Å². The second kappa shape index (κ2) is 7.23. The highest BCUT2D eigenvalue weighted by Gasteiger charge is 2.27. The van der Waals surface area contributed by atoms with Crippen LogP contribution in [0.2, 0.25) is 58.9 Å². The van der Waals surface area contributed by atoms with Gasteiger partial charge in [0, 0.05) is 0 Å². The summed E-state index contributed by atoms with van der Waals surface area (Å²) < 4.78 is 11.5. The van der Waals surface area contributed by atoms with Crippen LogP contribution >= 0.6 is 0 Å². The Morgan fingerprint density at radius 2 is 1.54 bits per heavy atom. The van der Waals surface area contributed by atoms with Crippen molar-refractivity contribution in [2.45, 2.75) is 58.9 Å². The Morgan fingerprint density at radius 1 is 0.958 bits per heavy atom. The summed E-state index contributed by atoms with van der Waals surface area (Å²) in [6.07, 6.45) is 0.954. The minimum absolute atomic E-state index is 0.387. The van der Waals surface area contributed by atoms with Gasteiger partial charge in [0.25, 0.3) is 0 Å². The SMILES string of the molecule is C[Si](C)(C)Nc1ncnc(O[Si](C)(C)C)c1NC(=O)O[Si](C)(C)C. The summed E-state index contributed by atoms with van der Waals surface area (Å²) in [5, 5.41) is 2.79. The molecule has 0 atom stereocenters. The van der Waals surface area contributed by atoms with Gasteiger partial charge in [-0.3, -0.25) is 5.32 Å². The van der Waals surface area contributed by atoms with Crippen molar-refractivity contribution in [1.82, 2.24) is 9.97 Å². The molecular formula is C14H30N4O3Si3. The molecule has 0 fully saturated rings. The molecule has 0 spiro atoms. The van der Waals surface area contributed by atoms with Crippen LogP contribution in [-0.4, -0.2) is 40.9 Å². The number of nitrogens with zero attached hydrogens (tertiary/aromatic N) is 2. The van der Waals surface area contributed by atoms with Crippen LogP contribution in [0.25, 0.3) is 0 Å². The molecule has 10 heteroatoms. The molecule has 7 nitrogen and oxygen atoms in total. The molecule has 0 saturated heterocycles. The first-order valence-corrected chi connectivity index (χ1v) is 18.3. The van der Waals surface area contributed by atoms with Gasteiger partial charge in [0.1, 0.15) is 26.1 Å². The lowest BCUT2D eigenvalue weighted by molar-refractivity contribution is 0.213. The van der Waals surface area contributed by atoms with Gasteiger partial charge in [-0.05, 0) is 39.3 Å². The van der Waals surface area contributed by atoms with Crippen LogP contribution in [-0.2, 0) is 4.43 Å². The maximum atomic E-state index is 12.2. The molecule has 24 heavy (non-hydrogen) atoms. The molecule has 0 aliphatic rings. The van der Waals surface area contributed by atoms with Crippen LogP contribution in [0.3, 0.4) is 0 Å². The largest absolute Gasteiger partial charge is 0.530 e. The molecular weight excluding hydrogens is 356 g/mol. The molecule has 0 radical (unpaired) electrons. The average molecular weight is 387 g/mol. The molecule has 0 aliphatic carbocycles. The van der Waals surface area contributed by atoms with E-state index in [1.807, 2.05) is 19.6 Å². The number of aromatic nitrogens is 2. The maximum absolute atomic E-state index is 12.2. The molecule has 1 amide bonds. The Hall–Kier alpha value is -1.40. The summed E-state index contributed by atoms with van der Waals surface area (Å²) in [7, 11) is -5.58. The van der Waals surface area contributed by atoms with Crippen molar-refractivity contribution in [2.75, 3.05) is 10.3 Å². The van der Waals surface area contributed by atoms with Crippen LogP contribution in [0.4, 0.5) is 16.3 Å². The Labute approximate surface area is 147 Å². The predicted octanol–water partition coefficient (Wildman–Crippen LogP) is 4.32. The average Bonchev–Trinajstić information content (AvgIpc) is 2.27. The van der Waals surface area contributed by atoms with E-state index in [0.29, 0.717) is 17.4 Å². The van der Waals surface area contributed by atoms with Crippen molar-refractivity contribution in [2.24, 2.45) is 0 Å². The van der Waals surface area contributed by atoms with E-state index >= 15 is 0 Å². The zero-order chi connectivity index (χ0) is 18.8. The number of hydrogen-bond donors (Lipinski definition) is 2. The molecule has 1 aromatic rings.